The van der Waals surface area contributed by atoms with Crippen LogP contribution in [0.5, 0.6) is 0 Å². The van der Waals surface area contributed by atoms with Crippen molar-refractivity contribution in [2.24, 2.45) is 0 Å². The molecule has 0 bridgehead atoms. The Morgan fingerprint density at radius 3 is 2.66 bits per heavy atom. The van der Waals surface area contributed by atoms with E-state index in [4.69, 9.17) is 16.0 Å². The van der Waals surface area contributed by atoms with Crippen molar-refractivity contribution in [3.63, 3.8) is 0 Å². The average Bonchev–Trinajstić information content (AvgIpc) is 3.21. The fourth-order valence-corrected chi connectivity index (χ4v) is 4.23. The number of rotatable bonds is 5. The van der Waals surface area contributed by atoms with E-state index in [-0.39, 0.29) is 5.91 Å². The summed E-state index contributed by atoms with van der Waals surface area (Å²) in [6.07, 6.45) is 2.37. The minimum Gasteiger partial charge on any atom is -0.440 e. The van der Waals surface area contributed by atoms with Gasteiger partial charge in [0.2, 0.25) is 0 Å². The first kappa shape index (κ1) is 20.7. The number of fused-ring (bicyclic) bond motifs is 1. The second-order valence-electron chi connectivity index (χ2n) is 7.99. The second-order valence-corrected chi connectivity index (χ2v) is 8.42. The van der Waals surface area contributed by atoms with Gasteiger partial charge >= 0.3 is 0 Å². The van der Waals surface area contributed by atoms with Crippen molar-refractivity contribution < 1.29 is 9.21 Å². The molecule has 2 aromatic carbocycles. The zero-order valence-corrected chi connectivity index (χ0v) is 18.3. The van der Waals surface area contributed by atoms with Crippen LogP contribution in [0.3, 0.4) is 0 Å². The van der Waals surface area contributed by atoms with E-state index in [9.17, 15) is 4.79 Å². The maximum absolute atomic E-state index is 13.1. The van der Waals surface area contributed by atoms with Gasteiger partial charge in [-0.15, -0.1) is 0 Å². The van der Waals surface area contributed by atoms with Gasteiger partial charge in [0.25, 0.3) is 5.91 Å². The lowest BCUT2D eigenvalue weighted by Gasteiger charge is -2.34. The van der Waals surface area contributed by atoms with E-state index < -0.39 is 0 Å². The summed E-state index contributed by atoms with van der Waals surface area (Å²) in [5.74, 6) is 0.632. The summed E-state index contributed by atoms with van der Waals surface area (Å²) in [6.45, 7) is 3.86. The fourth-order valence-electron chi connectivity index (χ4n) is 4.01. The third-order valence-electron chi connectivity index (χ3n) is 5.70. The summed E-state index contributed by atoms with van der Waals surface area (Å²) in [6, 6.07) is 19.1. The van der Waals surface area contributed by atoms with Gasteiger partial charge in [-0.25, -0.2) is 4.98 Å². The lowest BCUT2D eigenvalue weighted by molar-refractivity contribution is 0.0627. The molecule has 1 fully saturated rings. The minimum absolute atomic E-state index is 0.0252. The van der Waals surface area contributed by atoms with Gasteiger partial charge in [0.15, 0.2) is 11.5 Å². The molecule has 1 aliphatic rings. The third kappa shape index (κ3) is 4.66. The molecule has 0 radical (unpaired) electrons. The fraction of sp³-hybridized carbons (Fsp3) is 0.240. The lowest BCUT2D eigenvalue weighted by Crippen LogP contribution is -2.48. The molecule has 0 aliphatic carbocycles. The van der Waals surface area contributed by atoms with Crippen LogP contribution in [0.15, 0.2) is 71.3 Å². The van der Waals surface area contributed by atoms with E-state index in [0.29, 0.717) is 41.6 Å². The summed E-state index contributed by atoms with van der Waals surface area (Å²) in [5, 5.41) is 0.687. The minimum atomic E-state index is 0.0252. The van der Waals surface area contributed by atoms with Crippen LogP contribution >= 0.6 is 11.6 Å². The van der Waals surface area contributed by atoms with Crippen molar-refractivity contribution in [1.82, 2.24) is 19.8 Å². The first-order valence-electron chi connectivity index (χ1n) is 10.7. The normalized spacial score (nSPS) is 14.7. The summed E-state index contributed by atoms with van der Waals surface area (Å²) >= 11 is 6.07. The van der Waals surface area contributed by atoms with Crippen molar-refractivity contribution in [3.05, 3.63) is 94.6 Å². The number of halogens is 1. The zero-order chi connectivity index (χ0) is 21.9. The molecule has 0 atom stereocenters. The number of amides is 1. The molecular weight excluding hydrogens is 424 g/mol. The van der Waals surface area contributed by atoms with Gasteiger partial charge in [-0.05, 0) is 48.0 Å². The number of pyridine rings is 1. The summed E-state index contributed by atoms with van der Waals surface area (Å²) in [5.41, 5.74) is 4.09. The van der Waals surface area contributed by atoms with Gasteiger partial charge in [0, 0.05) is 55.9 Å². The molecular formula is C25H23ClN4O2. The standard InChI is InChI=1S/C25H23ClN4O2/c26-20-5-3-4-18(14-20)15-24-28-22-8-7-19(16-23(22)32-24)25(31)30-12-10-29(11-13-30)17-21-6-1-2-9-27-21/h1-9,14,16H,10-13,15,17H2. The molecule has 0 N–H and O–H groups in total. The topological polar surface area (TPSA) is 62.5 Å². The van der Waals surface area contributed by atoms with Crippen LogP contribution in [0, 0.1) is 0 Å². The first-order valence-corrected chi connectivity index (χ1v) is 11.1. The van der Waals surface area contributed by atoms with Crippen molar-refractivity contribution in [2.75, 3.05) is 26.2 Å². The van der Waals surface area contributed by atoms with Gasteiger partial charge in [0.05, 0.1) is 5.69 Å². The molecule has 1 saturated heterocycles. The number of oxazole rings is 1. The number of piperazine rings is 1. The van der Waals surface area contributed by atoms with Gasteiger partial charge in [-0.3, -0.25) is 14.7 Å². The average molecular weight is 447 g/mol. The lowest BCUT2D eigenvalue weighted by atomic mass is 10.1. The molecule has 7 heteroatoms. The Hall–Kier alpha value is -3.22. The Kier molecular flexibility index (Phi) is 5.88. The molecule has 4 aromatic rings. The largest absolute Gasteiger partial charge is 0.440 e. The highest BCUT2D eigenvalue weighted by Gasteiger charge is 2.23. The highest BCUT2D eigenvalue weighted by Crippen LogP contribution is 2.22. The maximum Gasteiger partial charge on any atom is 0.254 e. The zero-order valence-electron chi connectivity index (χ0n) is 17.6. The predicted octanol–water partition coefficient (Wildman–Crippen LogP) is 4.43. The molecule has 32 heavy (non-hydrogen) atoms. The smallest absolute Gasteiger partial charge is 0.254 e. The number of carbonyl (C=O) groups excluding carboxylic acids is 1. The van der Waals surface area contributed by atoms with E-state index in [1.54, 1.807) is 6.07 Å². The van der Waals surface area contributed by atoms with Crippen molar-refractivity contribution in [1.29, 1.82) is 0 Å². The van der Waals surface area contributed by atoms with E-state index in [0.717, 1.165) is 36.4 Å². The van der Waals surface area contributed by atoms with Gasteiger partial charge in [-0.1, -0.05) is 29.8 Å². The highest BCUT2D eigenvalue weighted by molar-refractivity contribution is 6.30. The van der Waals surface area contributed by atoms with E-state index in [1.165, 1.54) is 0 Å². The molecule has 1 amide bonds. The molecule has 162 valence electrons. The molecule has 0 unspecified atom stereocenters. The second kappa shape index (κ2) is 9.10. The summed E-state index contributed by atoms with van der Waals surface area (Å²) < 4.78 is 5.93. The van der Waals surface area contributed by atoms with Gasteiger partial charge < -0.3 is 9.32 Å². The Balaban J connectivity index is 1.24. The van der Waals surface area contributed by atoms with Crippen LogP contribution < -0.4 is 0 Å². The molecule has 1 aliphatic heterocycles. The molecule has 0 spiro atoms. The Morgan fingerprint density at radius 1 is 1.00 bits per heavy atom. The van der Waals surface area contributed by atoms with Crippen LogP contribution in [0.4, 0.5) is 0 Å². The molecule has 2 aromatic heterocycles. The number of hydrogen-bond acceptors (Lipinski definition) is 5. The van der Waals surface area contributed by atoms with Crippen molar-refractivity contribution in [2.45, 2.75) is 13.0 Å². The number of aromatic nitrogens is 2. The molecule has 5 rings (SSSR count). The summed E-state index contributed by atoms with van der Waals surface area (Å²) in [4.78, 5) is 26.2. The van der Waals surface area contributed by atoms with Gasteiger partial charge in [-0.2, -0.15) is 0 Å². The predicted molar refractivity (Wildman–Crippen MR) is 124 cm³/mol. The maximum atomic E-state index is 13.1. The van der Waals surface area contributed by atoms with Crippen molar-refractivity contribution in [3.8, 4) is 0 Å². The van der Waals surface area contributed by atoms with Crippen LogP contribution in [0.2, 0.25) is 5.02 Å². The molecule has 3 heterocycles. The number of nitrogens with zero attached hydrogens (tertiary/aromatic N) is 4. The van der Waals surface area contributed by atoms with Crippen LogP contribution in [-0.2, 0) is 13.0 Å². The highest BCUT2D eigenvalue weighted by atomic mass is 35.5. The Morgan fingerprint density at radius 2 is 1.88 bits per heavy atom. The Bertz CT molecular complexity index is 1230. The molecule has 6 nitrogen and oxygen atoms in total. The van der Waals surface area contributed by atoms with E-state index in [2.05, 4.69) is 14.9 Å². The van der Waals surface area contributed by atoms with E-state index >= 15 is 0 Å². The van der Waals surface area contributed by atoms with Crippen LogP contribution in [-0.4, -0.2) is 51.9 Å². The number of hydrogen-bond donors (Lipinski definition) is 0. The summed E-state index contributed by atoms with van der Waals surface area (Å²) in [7, 11) is 0. The van der Waals surface area contributed by atoms with Crippen LogP contribution in [0.1, 0.15) is 27.5 Å². The van der Waals surface area contributed by atoms with E-state index in [1.807, 2.05) is 65.7 Å². The number of carbonyl (C=O) groups is 1. The van der Waals surface area contributed by atoms with Crippen LogP contribution in [0.25, 0.3) is 11.1 Å². The first-order chi connectivity index (χ1) is 15.6. The van der Waals surface area contributed by atoms with Crippen molar-refractivity contribution >= 4 is 28.6 Å². The quantitative estimate of drug-likeness (QED) is 0.454. The molecule has 0 saturated carbocycles. The third-order valence-corrected chi connectivity index (χ3v) is 5.93. The number of benzene rings is 2. The monoisotopic (exact) mass is 446 g/mol. The van der Waals surface area contributed by atoms with Gasteiger partial charge in [0.1, 0.15) is 5.52 Å². The SMILES string of the molecule is O=C(c1ccc2nc(Cc3cccc(Cl)c3)oc2c1)N1CCN(Cc2ccccn2)CC1. The Labute approximate surface area is 191 Å².